The van der Waals surface area contributed by atoms with E-state index in [9.17, 15) is 9.90 Å². The second kappa shape index (κ2) is 10.9. The van der Waals surface area contributed by atoms with E-state index in [1.54, 1.807) is 12.1 Å². The fourth-order valence-electron chi connectivity index (χ4n) is 3.82. The zero-order chi connectivity index (χ0) is 23.1. The molecular formula is C25H31N3O4. The molecule has 1 heterocycles. The summed E-state index contributed by atoms with van der Waals surface area (Å²) >= 11 is 0. The number of nitrogens with two attached hydrogens (primary N) is 1. The Morgan fingerprint density at radius 1 is 1.12 bits per heavy atom. The van der Waals surface area contributed by atoms with Crippen molar-refractivity contribution in [1.29, 1.82) is 0 Å². The smallest absolute Gasteiger partial charge is 0.341 e. The highest BCUT2D eigenvalue weighted by molar-refractivity contribution is 5.91. The number of hydrogen-bond donors (Lipinski definition) is 3. The largest absolute Gasteiger partial charge is 0.482 e. The monoisotopic (exact) mass is 437 g/mol. The minimum Gasteiger partial charge on any atom is -0.482 e. The van der Waals surface area contributed by atoms with Crippen molar-refractivity contribution in [3.63, 3.8) is 0 Å². The van der Waals surface area contributed by atoms with E-state index in [0.29, 0.717) is 18.0 Å². The number of hydrogen-bond acceptors (Lipinski definition) is 6. The van der Waals surface area contributed by atoms with Crippen LogP contribution < -0.4 is 10.5 Å². The maximum atomic E-state index is 11.0. The number of aliphatic carboxylic acids is 1. The fourth-order valence-corrected chi connectivity index (χ4v) is 3.82. The standard InChI is InChI=1S/C25H31N3O4/c1-3-11-28(12-4-2)25(31)20-13-19-6-5-18(14-22(19)27-23(26)15-20)17-7-9-21(10-8-17)32-16-24(29)30/h5-10,13-14,25,31H,3-4,11-12,15-16H2,1-2H3,(H2,26,27)(H,29,30). The molecule has 0 saturated carbocycles. The van der Waals surface area contributed by atoms with Gasteiger partial charge in [0.25, 0.3) is 0 Å². The predicted molar refractivity (Wildman–Crippen MR) is 127 cm³/mol. The summed E-state index contributed by atoms with van der Waals surface area (Å²) in [6.07, 6.45) is 3.66. The predicted octanol–water partition coefficient (Wildman–Crippen LogP) is 4.03. The van der Waals surface area contributed by atoms with Crippen LogP contribution in [0.2, 0.25) is 0 Å². The molecule has 0 spiro atoms. The Kier molecular flexibility index (Phi) is 8.03. The molecule has 0 bridgehead atoms. The number of amidine groups is 1. The van der Waals surface area contributed by atoms with Gasteiger partial charge in [-0.1, -0.05) is 38.1 Å². The minimum absolute atomic E-state index is 0.374. The van der Waals surface area contributed by atoms with Crippen LogP contribution in [0.3, 0.4) is 0 Å². The molecule has 1 unspecified atom stereocenters. The van der Waals surface area contributed by atoms with E-state index >= 15 is 0 Å². The number of carboxylic acids is 1. The van der Waals surface area contributed by atoms with Crippen molar-refractivity contribution in [1.82, 2.24) is 4.90 Å². The Morgan fingerprint density at radius 3 is 2.41 bits per heavy atom. The summed E-state index contributed by atoms with van der Waals surface area (Å²) in [6.45, 7) is 5.48. The van der Waals surface area contributed by atoms with Gasteiger partial charge >= 0.3 is 5.97 Å². The Labute approximate surface area is 188 Å². The summed E-state index contributed by atoms with van der Waals surface area (Å²) in [5, 5.41) is 19.7. The zero-order valence-electron chi connectivity index (χ0n) is 18.6. The average Bonchev–Trinajstić information content (AvgIpc) is 2.94. The summed E-state index contributed by atoms with van der Waals surface area (Å²) < 4.78 is 5.19. The first-order valence-electron chi connectivity index (χ1n) is 11.0. The zero-order valence-corrected chi connectivity index (χ0v) is 18.6. The molecule has 1 atom stereocenters. The third-order valence-electron chi connectivity index (χ3n) is 5.27. The van der Waals surface area contributed by atoms with E-state index in [2.05, 4.69) is 23.7 Å². The minimum atomic E-state index is -1.01. The lowest BCUT2D eigenvalue weighted by molar-refractivity contribution is -0.139. The Balaban J connectivity index is 1.86. The van der Waals surface area contributed by atoms with Crippen LogP contribution in [0.4, 0.5) is 5.69 Å². The van der Waals surface area contributed by atoms with E-state index in [-0.39, 0.29) is 6.61 Å². The Bertz CT molecular complexity index is 993. The number of benzene rings is 2. The van der Waals surface area contributed by atoms with Crippen molar-refractivity contribution in [2.45, 2.75) is 39.3 Å². The van der Waals surface area contributed by atoms with Crippen LogP contribution in [0.5, 0.6) is 5.75 Å². The van der Waals surface area contributed by atoms with Crippen molar-refractivity contribution in [2.24, 2.45) is 10.7 Å². The topological polar surface area (TPSA) is 108 Å². The second-order valence-corrected chi connectivity index (χ2v) is 7.89. The van der Waals surface area contributed by atoms with Gasteiger partial charge in [0.1, 0.15) is 17.8 Å². The van der Waals surface area contributed by atoms with Crippen molar-refractivity contribution in [3.05, 3.63) is 53.6 Å². The number of fused-ring (bicyclic) bond motifs is 1. The van der Waals surface area contributed by atoms with E-state index in [4.69, 9.17) is 15.6 Å². The highest BCUT2D eigenvalue weighted by Gasteiger charge is 2.22. The molecule has 2 aromatic rings. The first-order valence-corrected chi connectivity index (χ1v) is 11.0. The van der Waals surface area contributed by atoms with Gasteiger partial charge in [-0.3, -0.25) is 4.90 Å². The van der Waals surface area contributed by atoms with Crippen LogP contribution in [0.15, 0.2) is 53.0 Å². The molecule has 7 heteroatoms. The first-order chi connectivity index (χ1) is 15.4. The molecule has 0 aliphatic carbocycles. The number of aliphatic imine (C=N–C) groups is 1. The molecular weight excluding hydrogens is 406 g/mol. The molecule has 170 valence electrons. The number of carbonyl (C=O) groups is 1. The van der Waals surface area contributed by atoms with E-state index < -0.39 is 12.2 Å². The quantitative estimate of drug-likeness (QED) is 0.484. The Morgan fingerprint density at radius 2 is 1.78 bits per heavy atom. The van der Waals surface area contributed by atoms with E-state index in [0.717, 1.165) is 53.9 Å². The maximum Gasteiger partial charge on any atom is 0.341 e. The van der Waals surface area contributed by atoms with E-state index in [1.165, 1.54) is 0 Å². The lowest BCUT2D eigenvalue weighted by Gasteiger charge is -2.28. The number of aliphatic hydroxyl groups excluding tert-OH is 1. The highest BCUT2D eigenvalue weighted by atomic mass is 16.5. The summed E-state index contributed by atoms with van der Waals surface area (Å²) in [5.41, 5.74) is 10.6. The molecule has 0 fully saturated rings. The highest BCUT2D eigenvalue weighted by Crippen LogP contribution is 2.33. The summed E-state index contributed by atoms with van der Waals surface area (Å²) in [6, 6.07) is 13.2. The van der Waals surface area contributed by atoms with Crippen LogP contribution in [0.25, 0.3) is 17.2 Å². The number of nitrogens with zero attached hydrogens (tertiary/aromatic N) is 2. The number of carboxylic acid groups (broad SMARTS) is 1. The molecule has 4 N–H and O–H groups in total. The van der Waals surface area contributed by atoms with Gasteiger partial charge in [0.2, 0.25) is 0 Å². The van der Waals surface area contributed by atoms with Crippen molar-refractivity contribution in [3.8, 4) is 16.9 Å². The van der Waals surface area contributed by atoms with Crippen LogP contribution in [-0.2, 0) is 4.79 Å². The lowest BCUT2D eigenvalue weighted by atomic mass is 10.0. The van der Waals surface area contributed by atoms with Crippen LogP contribution in [-0.4, -0.2) is 52.8 Å². The van der Waals surface area contributed by atoms with Gasteiger partial charge < -0.3 is 20.7 Å². The van der Waals surface area contributed by atoms with Crippen LogP contribution in [0.1, 0.15) is 38.7 Å². The second-order valence-electron chi connectivity index (χ2n) is 7.89. The molecule has 3 rings (SSSR count). The molecule has 0 radical (unpaired) electrons. The molecule has 7 nitrogen and oxygen atoms in total. The molecule has 0 saturated heterocycles. The lowest BCUT2D eigenvalue weighted by Crippen LogP contribution is -2.38. The van der Waals surface area contributed by atoms with Crippen LogP contribution in [0, 0.1) is 0 Å². The van der Waals surface area contributed by atoms with Crippen LogP contribution >= 0.6 is 0 Å². The van der Waals surface area contributed by atoms with Gasteiger partial charge in [0.15, 0.2) is 6.61 Å². The molecule has 1 aliphatic heterocycles. The molecule has 1 aliphatic rings. The summed E-state index contributed by atoms with van der Waals surface area (Å²) in [4.78, 5) is 17.3. The maximum absolute atomic E-state index is 11.0. The summed E-state index contributed by atoms with van der Waals surface area (Å²) in [7, 11) is 0. The van der Waals surface area contributed by atoms with Gasteiger partial charge in [-0.05, 0) is 53.8 Å². The SMILES string of the molecule is CCCN(CCC)C(O)C1=Cc2ccc(-c3ccc(OCC(=O)O)cc3)cc2N=C(N)C1. The van der Waals surface area contributed by atoms with Crippen molar-refractivity contribution in [2.75, 3.05) is 19.7 Å². The summed E-state index contributed by atoms with van der Waals surface area (Å²) in [5.74, 6) is -0.0460. The number of aliphatic hydroxyl groups is 1. The van der Waals surface area contributed by atoms with Crippen molar-refractivity contribution < 1.29 is 19.7 Å². The third-order valence-corrected chi connectivity index (χ3v) is 5.27. The fraction of sp³-hybridized carbons (Fsp3) is 0.360. The molecule has 2 aromatic carbocycles. The van der Waals surface area contributed by atoms with Gasteiger partial charge in [-0.2, -0.15) is 0 Å². The van der Waals surface area contributed by atoms with Gasteiger partial charge in [0, 0.05) is 25.1 Å². The average molecular weight is 438 g/mol. The normalized spacial score (nSPS) is 14.2. The number of rotatable bonds is 10. The third kappa shape index (κ3) is 5.96. The molecule has 32 heavy (non-hydrogen) atoms. The molecule has 0 aromatic heterocycles. The number of ether oxygens (including phenoxy) is 1. The van der Waals surface area contributed by atoms with Gasteiger partial charge in [0.05, 0.1) is 5.69 Å². The molecule has 0 amide bonds. The van der Waals surface area contributed by atoms with Gasteiger partial charge in [-0.25, -0.2) is 9.79 Å². The van der Waals surface area contributed by atoms with E-state index in [1.807, 2.05) is 36.4 Å². The van der Waals surface area contributed by atoms with Crippen molar-refractivity contribution >= 4 is 23.6 Å². The van der Waals surface area contributed by atoms with Gasteiger partial charge in [-0.15, -0.1) is 0 Å². The Hall–Kier alpha value is -3.16. The first kappa shape index (κ1) is 23.5.